The van der Waals surface area contributed by atoms with Gasteiger partial charge in [-0.05, 0) is 50.7 Å². The van der Waals surface area contributed by atoms with Crippen LogP contribution in [0.1, 0.15) is 54.4 Å². The monoisotopic (exact) mass is 255 g/mol. The van der Waals surface area contributed by atoms with E-state index in [2.05, 4.69) is 58.2 Å². The summed E-state index contributed by atoms with van der Waals surface area (Å²) in [6.07, 6.45) is 2.89. The maximum Gasteiger partial charge on any atom is 0.0271 e. The van der Waals surface area contributed by atoms with Crippen LogP contribution in [0.15, 0.2) is 0 Å². The van der Waals surface area contributed by atoms with Crippen LogP contribution in [-0.4, -0.2) is 34.0 Å². The molecular formula is C15H29NS. The highest BCUT2D eigenvalue weighted by Crippen LogP contribution is 2.48. The predicted molar refractivity (Wildman–Crippen MR) is 78.7 cm³/mol. The Bertz CT molecular complexity index is 274. The SMILES string of the molecule is CC(C)(C)C1C2SCCCC2CN1C(C)(C)C. The molecule has 100 valence electrons. The first-order chi connectivity index (χ1) is 7.71. The largest absolute Gasteiger partial charge is 0.294 e. The average molecular weight is 255 g/mol. The normalized spacial score (nSPS) is 36.0. The summed E-state index contributed by atoms with van der Waals surface area (Å²) in [5.41, 5.74) is 0.715. The first-order valence-corrected chi connectivity index (χ1v) is 8.14. The van der Waals surface area contributed by atoms with E-state index in [1.54, 1.807) is 0 Å². The number of nitrogens with zero attached hydrogens (tertiary/aromatic N) is 1. The summed E-state index contributed by atoms with van der Waals surface area (Å²) in [4.78, 5) is 2.79. The highest BCUT2D eigenvalue weighted by molar-refractivity contribution is 8.00. The summed E-state index contributed by atoms with van der Waals surface area (Å²) in [6, 6.07) is 0.748. The Labute approximate surface area is 112 Å². The predicted octanol–water partition coefficient (Wildman–Crippen LogP) is 4.03. The lowest BCUT2D eigenvalue weighted by Gasteiger charge is -2.45. The Kier molecular flexibility index (Phi) is 3.60. The Morgan fingerprint density at radius 1 is 1.06 bits per heavy atom. The van der Waals surface area contributed by atoms with Crippen molar-refractivity contribution in [2.45, 2.75) is 71.2 Å². The van der Waals surface area contributed by atoms with Crippen LogP contribution in [0.5, 0.6) is 0 Å². The Hall–Kier alpha value is 0.310. The topological polar surface area (TPSA) is 3.24 Å². The molecule has 2 aliphatic rings. The van der Waals surface area contributed by atoms with Gasteiger partial charge in [-0.15, -0.1) is 0 Å². The van der Waals surface area contributed by atoms with E-state index in [0.717, 1.165) is 17.2 Å². The van der Waals surface area contributed by atoms with Gasteiger partial charge in [0.25, 0.3) is 0 Å². The third-order valence-electron chi connectivity index (χ3n) is 4.32. The van der Waals surface area contributed by atoms with Crippen LogP contribution >= 0.6 is 11.8 Å². The van der Waals surface area contributed by atoms with E-state index in [9.17, 15) is 0 Å². The summed E-state index contributed by atoms with van der Waals surface area (Å²) in [5.74, 6) is 2.32. The molecule has 0 aromatic rings. The highest BCUT2D eigenvalue weighted by Gasteiger charge is 2.50. The molecule has 2 heteroatoms. The van der Waals surface area contributed by atoms with Gasteiger partial charge in [-0.1, -0.05) is 20.8 Å². The van der Waals surface area contributed by atoms with E-state index in [1.807, 2.05) is 0 Å². The molecule has 2 saturated heterocycles. The van der Waals surface area contributed by atoms with Crippen molar-refractivity contribution in [2.75, 3.05) is 12.3 Å². The van der Waals surface area contributed by atoms with Gasteiger partial charge in [0.15, 0.2) is 0 Å². The molecule has 2 fully saturated rings. The number of hydrogen-bond donors (Lipinski definition) is 0. The molecule has 2 aliphatic heterocycles. The van der Waals surface area contributed by atoms with E-state index in [1.165, 1.54) is 25.1 Å². The number of rotatable bonds is 0. The van der Waals surface area contributed by atoms with Crippen molar-refractivity contribution in [3.05, 3.63) is 0 Å². The second-order valence-corrected chi connectivity index (χ2v) is 9.16. The Morgan fingerprint density at radius 3 is 2.24 bits per heavy atom. The molecule has 2 heterocycles. The fourth-order valence-electron chi connectivity index (χ4n) is 3.60. The third kappa shape index (κ3) is 2.68. The summed E-state index contributed by atoms with van der Waals surface area (Å²) < 4.78 is 0. The van der Waals surface area contributed by atoms with Crippen molar-refractivity contribution in [3.63, 3.8) is 0 Å². The molecule has 0 radical (unpaired) electrons. The van der Waals surface area contributed by atoms with Crippen LogP contribution in [-0.2, 0) is 0 Å². The number of likely N-dealkylation sites (tertiary alicyclic amines) is 1. The third-order valence-corrected chi connectivity index (χ3v) is 5.87. The molecule has 17 heavy (non-hydrogen) atoms. The summed E-state index contributed by atoms with van der Waals surface area (Å²) in [7, 11) is 0. The zero-order chi connectivity index (χ0) is 12.8. The van der Waals surface area contributed by atoms with Crippen molar-refractivity contribution in [1.29, 1.82) is 0 Å². The minimum atomic E-state index is 0.315. The van der Waals surface area contributed by atoms with E-state index >= 15 is 0 Å². The minimum absolute atomic E-state index is 0.315. The van der Waals surface area contributed by atoms with E-state index in [-0.39, 0.29) is 0 Å². The molecule has 3 unspecified atom stereocenters. The fourth-order valence-corrected chi connectivity index (χ4v) is 5.44. The number of hydrogen-bond acceptors (Lipinski definition) is 2. The maximum atomic E-state index is 2.79. The van der Waals surface area contributed by atoms with Gasteiger partial charge < -0.3 is 0 Å². The lowest BCUT2D eigenvalue weighted by Crippen LogP contribution is -2.52. The Morgan fingerprint density at radius 2 is 1.71 bits per heavy atom. The zero-order valence-electron chi connectivity index (χ0n) is 12.4. The molecule has 0 aromatic heterocycles. The van der Waals surface area contributed by atoms with E-state index in [0.29, 0.717) is 11.0 Å². The van der Waals surface area contributed by atoms with Gasteiger partial charge in [-0.25, -0.2) is 0 Å². The molecule has 2 rings (SSSR count). The van der Waals surface area contributed by atoms with Gasteiger partial charge in [-0.2, -0.15) is 11.8 Å². The van der Waals surface area contributed by atoms with Crippen LogP contribution in [0.25, 0.3) is 0 Å². The van der Waals surface area contributed by atoms with Gasteiger partial charge in [0, 0.05) is 23.4 Å². The molecule has 0 bridgehead atoms. The van der Waals surface area contributed by atoms with Crippen molar-refractivity contribution in [2.24, 2.45) is 11.3 Å². The first-order valence-electron chi connectivity index (χ1n) is 7.09. The molecule has 0 aliphatic carbocycles. The average Bonchev–Trinajstić information content (AvgIpc) is 2.54. The van der Waals surface area contributed by atoms with E-state index in [4.69, 9.17) is 0 Å². The van der Waals surface area contributed by atoms with Crippen LogP contribution in [0, 0.1) is 11.3 Å². The van der Waals surface area contributed by atoms with Gasteiger partial charge in [-0.3, -0.25) is 4.90 Å². The smallest absolute Gasteiger partial charge is 0.0271 e. The molecule has 0 spiro atoms. The lowest BCUT2D eigenvalue weighted by molar-refractivity contribution is 0.0593. The standard InChI is InChI=1S/C15H29NS/c1-14(2,3)13-12-11(8-7-9-17-12)10-16(13)15(4,5)6/h11-13H,7-10H2,1-6H3. The molecule has 0 saturated carbocycles. The van der Waals surface area contributed by atoms with Crippen LogP contribution in [0.4, 0.5) is 0 Å². The fraction of sp³-hybridized carbons (Fsp3) is 1.00. The van der Waals surface area contributed by atoms with Gasteiger partial charge in [0.05, 0.1) is 0 Å². The zero-order valence-corrected chi connectivity index (χ0v) is 13.2. The number of fused-ring (bicyclic) bond motifs is 1. The van der Waals surface area contributed by atoms with Crippen LogP contribution < -0.4 is 0 Å². The second-order valence-electron chi connectivity index (χ2n) is 7.87. The lowest BCUT2D eigenvalue weighted by atomic mass is 9.81. The minimum Gasteiger partial charge on any atom is -0.294 e. The molecule has 1 nitrogen and oxygen atoms in total. The first kappa shape index (κ1) is 13.7. The second kappa shape index (κ2) is 4.45. The summed E-state index contributed by atoms with van der Waals surface area (Å²) in [5, 5.41) is 0.878. The van der Waals surface area contributed by atoms with Gasteiger partial charge in [0.2, 0.25) is 0 Å². The summed E-state index contributed by atoms with van der Waals surface area (Å²) >= 11 is 2.25. The number of thioether (sulfide) groups is 1. The van der Waals surface area contributed by atoms with Crippen molar-refractivity contribution in [1.82, 2.24) is 4.90 Å². The van der Waals surface area contributed by atoms with Gasteiger partial charge >= 0.3 is 0 Å². The molecular weight excluding hydrogens is 226 g/mol. The quantitative estimate of drug-likeness (QED) is 0.643. The van der Waals surface area contributed by atoms with Crippen molar-refractivity contribution in [3.8, 4) is 0 Å². The van der Waals surface area contributed by atoms with E-state index < -0.39 is 0 Å². The van der Waals surface area contributed by atoms with Crippen LogP contribution in [0.3, 0.4) is 0 Å². The van der Waals surface area contributed by atoms with Crippen molar-refractivity contribution < 1.29 is 0 Å². The molecule has 0 amide bonds. The van der Waals surface area contributed by atoms with Crippen LogP contribution in [0.2, 0.25) is 0 Å². The molecule has 3 atom stereocenters. The Balaban J connectivity index is 2.27. The van der Waals surface area contributed by atoms with Crippen molar-refractivity contribution >= 4 is 11.8 Å². The highest BCUT2D eigenvalue weighted by atomic mass is 32.2. The van der Waals surface area contributed by atoms with Gasteiger partial charge in [0.1, 0.15) is 0 Å². The maximum absolute atomic E-state index is 2.79. The summed E-state index contributed by atoms with van der Waals surface area (Å²) in [6.45, 7) is 15.7. The molecule has 0 aromatic carbocycles. The molecule has 0 N–H and O–H groups in total.